The molecule has 1 saturated carbocycles. The zero-order valence-corrected chi connectivity index (χ0v) is 25.5. The quantitative estimate of drug-likeness (QED) is 0.321. The second-order valence-electron chi connectivity index (χ2n) is 12.5. The third kappa shape index (κ3) is 6.81. The summed E-state index contributed by atoms with van der Waals surface area (Å²) < 4.78 is 0. The molecule has 2 atom stereocenters. The van der Waals surface area contributed by atoms with Crippen LogP contribution in [-0.2, 0) is 16.1 Å². The summed E-state index contributed by atoms with van der Waals surface area (Å²) in [5.41, 5.74) is 1.29. The lowest BCUT2D eigenvalue weighted by molar-refractivity contribution is -0.166. The number of carbonyl (C=O) groups excluding carboxylic acids is 3. The van der Waals surface area contributed by atoms with E-state index in [9.17, 15) is 24.3 Å². The fourth-order valence-electron chi connectivity index (χ4n) is 6.96. The van der Waals surface area contributed by atoms with Crippen molar-refractivity contribution < 1.29 is 29.4 Å². The lowest BCUT2D eigenvalue weighted by atomic mass is 9.78. The van der Waals surface area contributed by atoms with Gasteiger partial charge in [-0.2, -0.15) is 0 Å². The first-order valence-electron chi connectivity index (χ1n) is 16.0. The van der Waals surface area contributed by atoms with Crippen LogP contribution in [0.4, 0.5) is 5.69 Å². The molecule has 1 aliphatic carbocycles. The van der Waals surface area contributed by atoms with Crippen LogP contribution in [-0.4, -0.2) is 81.0 Å². The number of piperidine rings is 1. The molecule has 10 heteroatoms. The van der Waals surface area contributed by atoms with Crippen molar-refractivity contribution in [3.63, 3.8) is 0 Å². The van der Waals surface area contributed by atoms with Gasteiger partial charge >= 0.3 is 5.97 Å². The number of aromatic carboxylic acids is 1. The van der Waals surface area contributed by atoms with Crippen molar-refractivity contribution in [1.82, 2.24) is 15.1 Å². The minimum absolute atomic E-state index is 0.0461. The first-order valence-corrected chi connectivity index (χ1v) is 16.0. The number of likely N-dealkylation sites (tertiary alicyclic amines) is 1. The highest BCUT2D eigenvalue weighted by Crippen LogP contribution is 2.36. The average molecular weight is 605 g/mol. The predicted octanol–water partition coefficient (Wildman–Crippen LogP) is 4.04. The lowest BCUT2D eigenvalue weighted by Crippen LogP contribution is -2.75. The van der Waals surface area contributed by atoms with Gasteiger partial charge in [0.2, 0.25) is 11.8 Å². The molecule has 0 aromatic heterocycles. The van der Waals surface area contributed by atoms with E-state index >= 15 is 0 Å². The summed E-state index contributed by atoms with van der Waals surface area (Å²) in [6, 6.07) is 12.5. The Bertz CT molecular complexity index is 1330. The van der Waals surface area contributed by atoms with Gasteiger partial charge in [0.1, 0.15) is 11.6 Å². The monoisotopic (exact) mass is 604 g/mol. The number of aliphatic hydroxyl groups excluding tert-OH is 1. The molecule has 2 aromatic carbocycles. The second kappa shape index (κ2) is 13.9. The van der Waals surface area contributed by atoms with Crippen molar-refractivity contribution in [3.05, 3.63) is 65.2 Å². The van der Waals surface area contributed by atoms with Crippen molar-refractivity contribution >= 4 is 29.4 Å². The van der Waals surface area contributed by atoms with Gasteiger partial charge in [0.25, 0.3) is 5.91 Å². The van der Waals surface area contributed by atoms with Gasteiger partial charge in [-0.15, -0.1) is 0 Å². The van der Waals surface area contributed by atoms with Crippen LogP contribution in [0.2, 0.25) is 0 Å². The van der Waals surface area contributed by atoms with Crippen LogP contribution in [0.3, 0.4) is 0 Å². The molecule has 2 saturated heterocycles. The zero-order chi connectivity index (χ0) is 31.3. The van der Waals surface area contributed by atoms with Crippen molar-refractivity contribution in [2.24, 2.45) is 5.92 Å². The third-order valence-electron chi connectivity index (χ3n) is 9.66. The van der Waals surface area contributed by atoms with Gasteiger partial charge in [0, 0.05) is 37.4 Å². The molecule has 0 unspecified atom stereocenters. The summed E-state index contributed by atoms with van der Waals surface area (Å²) in [4.78, 5) is 55.4. The highest BCUT2D eigenvalue weighted by molar-refractivity contribution is 6.04. The molecule has 2 aromatic rings. The van der Waals surface area contributed by atoms with Crippen LogP contribution in [0.25, 0.3) is 0 Å². The summed E-state index contributed by atoms with van der Waals surface area (Å²) >= 11 is 0. The summed E-state index contributed by atoms with van der Waals surface area (Å²) in [5.74, 6) is -1.54. The molecule has 2 heterocycles. The van der Waals surface area contributed by atoms with Gasteiger partial charge in [-0.3, -0.25) is 19.3 Å². The molecular weight excluding hydrogens is 560 g/mol. The van der Waals surface area contributed by atoms with Crippen molar-refractivity contribution in [3.8, 4) is 0 Å². The van der Waals surface area contributed by atoms with E-state index in [2.05, 4.69) is 22.5 Å². The van der Waals surface area contributed by atoms with Crippen LogP contribution >= 0.6 is 0 Å². The normalized spacial score (nSPS) is 21.6. The zero-order valence-electron chi connectivity index (χ0n) is 25.5. The van der Waals surface area contributed by atoms with E-state index in [1.165, 1.54) is 12.1 Å². The van der Waals surface area contributed by atoms with Crippen LogP contribution in [0, 0.1) is 5.92 Å². The molecule has 3 aliphatic rings. The number of aliphatic hydroxyl groups is 1. The smallest absolute Gasteiger partial charge is 0.335 e. The molecule has 44 heavy (non-hydrogen) atoms. The minimum atomic E-state index is -1.02. The number of hydrogen-bond donors (Lipinski definition) is 4. The Labute approximate surface area is 258 Å². The Morgan fingerprint density at radius 2 is 1.61 bits per heavy atom. The molecular formula is C34H44N4O6. The van der Waals surface area contributed by atoms with Gasteiger partial charge in [-0.25, -0.2) is 4.79 Å². The highest BCUT2D eigenvalue weighted by atomic mass is 16.4. The van der Waals surface area contributed by atoms with Crippen molar-refractivity contribution in [2.75, 3.05) is 25.0 Å². The summed E-state index contributed by atoms with van der Waals surface area (Å²) in [7, 11) is 0. The van der Waals surface area contributed by atoms with E-state index in [0.717, 1.165) is 50.5 Å². The Kier molecular flexibility index (Phi) is 10.0. The molecule has 5 rings (SSSR count). The number of rotatable bonds is 10. The van der Waals surface area contributed by atoms with E-state index in [1.54, 1.807) is 29.2 Å². The average Bonchev–Trinajstić information content (AvgIpc) is 3.04. The Hall–Kier alpha value is -3.76. The second-order valence-corrected chi connectivity index (χ2v) is 12.5. The first-order chi connectivity index (χ1) is 21.2. The number of piperazine rings is 1. The topological polar surface area (TPSA) is 139 Å². The largest absolute Gasteiger partial charge is 0.478 e. The number of nitrogens with one attached hydrogen (secondary N) is 2. The number of carboxylic acid groups (broad SMARTS) is 1. The Morgan fingerprint density at radius 1 is 0.977 bits per heavy atom. The fraction of sp³-hybridized carbons (Fsp3) is 0.529. The summed E-state index contributed by atoms with van der Waals surface area (Å²) in [6.45, 7) is 4.54. The minimum Gasteiger partial charge on any atom is -0.478 e. The van der Waals surface area contributed by atoms with E-state index < -0.39 is 23.7 Å². The number of nitrogens with zero attached hydrogens (tertiary/aromatic N) is 2. The van der Waals surface area contributed by atoms with Crippen molar-refractivity contribution in [1.29, 1.82) is 0 Å². The first kappa shape index (κ1) is 31.7. The molecule has 2 aliphatic heterocycles. The number of anilines is 1. The third-order valence-corrected chi connectivity index (χ3v) is 9.66. The SMILES string of the molecule is CCCCN1C(=O)[C@@H]([C@H](O)C2CCCCC2)NC(=O)C12CCN(Cc1ccc(C(=O)Nc3ccc(C(=O)O)cc3)cc1)CC2. The van der Waals surface area contributed by atoms with Gasteiger partial charge in [-0.05, 0) is 80.0 Å². The van der Waals surface area contributed by atoms with Gasteiger partial charge in [0.05, 0.1) is 11.7 Å². The molecule has 10 nitrogen and oxygen atoms in total. The molecule has 0 bridgehead atoms. The van der Waals surface area contributed by atoms with Crippen LogP contribution in [0.5, 0.6) is 0 Å². The Balaban J connectivity index is 1.19. The van der Waals surface area contributed by atoms with Crippen molar-refractivity contribution in [2.45, 2.75) is 88.9 Å². The number of benzene rings is 2. The molecule has 3 fully saturated rings. The molecule has 0 radical (unpaired) electrons. The molecule has 236 valence electrons. The number of amides is 3. The van der Waals surface area contributed by atoms with Crippen LogP contribution in [0.1, 0.15) is 91.0 Å². The number of hydrogen-bond acceptors (Lipinski definition) is 6. The maximum absolute atomic E-state index is 13.8. The van der Waals surface area contributed by atoms with Gasteiger partial charge < -0.3 is 25.7 Å². The molecule has 4 N–H and O–H groups in total. The predicted molar refractivity (Wildman–Crippen MR) is 166 cm³/mol. The molecule has 3 amide bonds. The van der Waals surface area contributed by atoms with E-state index in [-0.39, 0.29) is 29.2 Å². The van der Waals surface area contributed by atoms with Gasteiger partial charge in [-0.1, -0.05) is 44.7 Å². The lowest BCUT2D eigenvalue weighted by Gasteiger charge is -2.52. The highest BCUT2D eigenvalue weighted by Gasteiger charge is 2.55. The van der Waals surface area contributed by atoms with Crippen LogP contribution < -0.4 is 10.6 Å². The maximum Gasteiger partial charge on any atom is 0.335 e. The van der Waals surface area contributed by atoms with E-state index in [1.807, 2.05) is 12.1 Å². The van der Waals surface area contributed by atoms with Crippen LogP contribution in [0.15, 0.2) is 48.5 Å². The number of unbranched alkanes of at least 4 members (excludes halogenated alkanes) is 1. The standard InChI is InChI=1S/C34H44N4O6/c1-2-3-19-38-31(41)28(29(39)24-7-5-4-6-8-24)36-33(44)34(38)17-20-37(21-18-34)22-23-9-11-25(12-10-23)30(40)35-27-15-13-26(14-16-27)32(42)43/h9-16,24,28-29,39H,2-8,17-22H2,1H3,(H,35,40)(H,36,44)(H,42,43)/t28-,29-/m1/s1. The maximum atomic E-state index is 13.8. The fourth-order valence-corrected chi connectivity index (χ4v) is 6.96. The number of carbonyl (C=O) groups is 4. The summed E-state index contributed by atoms with van der Waals surface area (Å²) in [6.07, 6.45) is 6.97. The Morgan fingerprint density at radius 3 is 2.23 bits per heavy atom. The van der Waals surface area contributed by atoms with E-state index in [4.69, 9.17) is 5.11 Å². The van der Waals surface area contributed by atoms with Gasteiger partial charge in [0.15, 0.2) is 0 Å². The summed E-state index contributed by atoms with van der Waals surface area (Å²) in [5, 5.41) is 26.0. The molecule has 1 spiro atoms. The number of carboxylic acids is 1. The van der Waals surface area contributed by atoms with E-state index in [0.29, 0.717) is 50.3 Å².